The van der Waals surface area contributed by atoms with Gasteiger partial charge in [-0.15, -0.1) is 0 Å². The Kier molecular flexibility index (Phi) is 5.09. The number of anilines is 1. The second-order valence-electron chi connectivity index (χ2n) is 5.50. The van der Waals surface area contributed by atoms with Gasteiger partial charge >= 0.3 is 0 Å². The normalized spacial score (nSPS) is 11.9. The lowest BCUT2D eigenvalue weighted by Gasteiger charge is -2.17. The molecule has 22 heavy (non-hydrogen) atoms. The highest BCUT2D eigenvalue weighted by molar-refractivity contribution is 6.34. The molecule has 1 unspecified atom stereocenters. The maximum Gasteiger partial charge on any atom is 0.265 e. The predicted molar refractivity (Wildman–Crippen MR) is 90.8 cm³/mol. The van der Waals surface area contributed by atoms with Crippen LogP contribution in [0.2, 0.25) is 5.02 Å². The fourth-order valence-corrected chi connectivity index (χ4v) is 2.54. The van der Waals surface area contributed by atoms with E-state index in [1.165, 1.54) is 0 Å². The van der Waals surface area contributed by atoms with Gasteiger partial charge in [-0.05, 0) is 57.0 Å². The van der Waals surface area contributed by atoms with Gasteiger partial charge in [-0.1, -0.05) is 35.4 Å². The van der Waals surface area contributed by atoms with Crippen LogP contribution in [0.25, 0.3) is 0 Å². The zero-order valence-electron chi connectivity index (χ0n) is 13.2. The second kappa shape index (κ2) is 6.84. The van der Waals surface area contributed by atoms with Crippen LogP contribution in [0.1, 0.15) is 23.6 Å². The number of amides is 1. The summed E-state index contributed by atoms with van der Waals surface area (Å²) in [5.41, 5.74) is 3.77. The summed E-state index contributed by atoms with van der Waals surface area (Å²) in [7, 11) is 0. The van der Waals surface area contributed by atoms with Crippen LogP contribution in [-0.4, -0.2) is 12.0 Å². The van der Waals surface area contributed by atoms with Crippen molar-refractivity contribution in [2.45, 2.75) is 33.8 Å². The molecule has 1 N–H and O–H groups in total. The Hall–Kier alpha value is -2.00. The van der Waals surface area contributed by atoms with Gasteiger partial charge in [0, 0.05) is 0 Å². The fraction of sp³-hybridized carbons (Fsp3) is 0.278. The largest absolute Gasteiger partial charge is 0.481 e. The number of hydrogen-bond acceptors (Lipinski definition) is 2. The number of carbonyl (C=O) groups is 1. The van der Waals surface area contributed by atoms with E-state index < -0.39 is 6.10 Å². The molecule has 0 saturated heterocycles. The SMILES string of the molecule is Cc1ccc(OC(C)C(=O)Nc2c(C)cc(C)cc2Cl)cc1. The average molecular weight is 318 g/mol. The first kappa shape index (κ1) is 16.4. The van der Waals surface area contributed by atoms with Crippen molar-refractivity contribution in [3.05, 3.63) is 58.1 Å². The van der Waals surface area contributed by atoms with E-state index in [1.54, 1.807) is 6.92 Å². The highest BCUT2D eigenvalue weighted by atomic mass is 35.5. The van der Waals surface area contributed by atoms with Crippen molar-refractivity contribution in [1.29, 1.82) is 0 Å². The lowest BCUT2D eigenvalue weighted by Crippen LogP contribution is -2.30. The first-order valence-electron chi connectivity index (χ1n) is 7.18. The van der Waals surface area contributed by atoms with Crippen molar-refractivity contribution >= 4 is 23.2 Å². The Morgan fingerprint density at radius 2 is 1.73 bits per heavy atom. The Morgan fingerprint density at radius 1 is 1.09 bits per heavy atom. The molecule has 1 amide bonds. The summed E-state index contributed by atoms with van der Waals surface area (Å²) in [6.07, 6.45) is -0.612. The van der Waals surface area contributed by atoms with Crippen LogP contribution >= 0.6 is 11.6 Å². The van der Waals surface area contributed by atoms with Crippen LogP contribution in [-0.2, 0) is 4.79 Å². The molecule has 0 saturated carbocycles. The molecular formula is C18H20ClNO2. The smallest absolute Gasteiger partial charge is 0.265 e. The molecule has 3 nitrogen and oxygen atoms in total. The van der Waals surface area contributed by atoms with Crippen LogP contribution < -0.4 is 10.1 Å². The highest BCUT2D eigenvalue weighted by Crippen LogP contribution is 2.27. The number of halogens is 1. The van der Waals surface area contributed by atoms with Gasteiger partial charge in [-0.2, -0.15) is 0 Å². The van der Waals surface area contributed by atoms with Gasteiger partial charge in [0.1, 0.15) is 5.75 Å². The number of carbonyl (C=O) groups excluding carboxylic acids is 1. The van der Waals surface area contributed by atoms with Gasteiger partial charge in [0.2, 0.25) is 0 Å². The number of hydrogen-bond donors (Lipinski definition) is 1. The van der Waals surface area contributed by atoms with E-state index in [0.717, 1.165) is 16.7 Å². The van der Waals surface area contributed by atoms with E-state index in [1.807, 2.05) is 57.2 Å². The first-order chi connectivity index (χ1) is 10.4. The monoisotopic (exact) mass is 317 g/mol. The molecule has 0 bridgehead atoms. The third kappa shape index (κ3) is 4.01. The van der Waals surface area contributed by atoms with Crippen molar-refractivity contribution in [1.82, 2.24) is 0 Å². The number of rotatable bonds is 4. The van der Waals surface area contributed by atoms with Gasteiger partial charge in [0.25, 0.3) is 5.91 Å². The fourth-order valence-electron chi connectivity index (χ4n) is 2.17. The van der Waals surface area contributed by atoms with Gasteiger partial charge < -0.3 is 10.1 Å². The van der Waals surface area contributed by atoms with Crippen LogP contribution in [0.5, 0.6) is 5.75 Å². The number of nitrogens with one attached hydrogen (secondary N) is 1. The molecule has 0 fully saturated rings. The molecule has 0 aromatic heterocycles. The Balaban J connectivity index is 2.07. The molecule has 1 atom stereocenters. The summed E-state index contributed by atoms with van der Waals surface area (Å²) >= 11 is 6.21. The van der Waals surface area contributed by atoms with Gasteiger partial charge in [-0.3, -0.25) is 4.79 Å². The van der Waals surface area contributed by atoms with Crippen molar-refractivity contribution in [2.24, 2.45) is 0 Å². The molecule has 116 valence electrons. The van der Waals surface area contributed by atoms with Crippen LogP contribution in [0, 0.1) is 20.8 Å². The minimum atomic E-state index is -0.612. The number of aryl methyl sites for hydroxylation is 3. The molecular weight excluding hydrogens is 298 g/mol. The van der Waals surface area contributed by atoms with Gasteiger partial charge in [-0.25, -0.2) is 0 Å². The average Bonchev–Trinajstić information content (AvgIpc) is 2.45. The number of benzene rings is 2. The summed E-state index contributed by atoms with van der Waals surface area (Å²) in [6.45, 7) is 7.60. The highest BCUT2D eigenvalue weighted by Gasteiger charge is 2.17. The molecule has 0 aliphatic heterocycles. The zero-order valence-corrected chi connectivity index (χ0v) is 14.0. The zero-order chi connectivity index (χ0) is 16.3. The predicted octanol–water partition coefficient (Wildman–Crippen LogP) is 4.67. The summed E-state index contributed by atoms with van der Waals surface area (Å²) in [6, 6.07) is 11.4. The first-order valence-corrected chi connectivity index (χ1v) is 7.55. The lowest BCUT2D eigenvalue weighted by atomic mass is 10.1. The Morgan fingerprint density at radius 3 is 2.32 bits per heavy atom. The van der Waals surface area contributed by atoms with Crippen molar-refractivity contribution in [3.63, 3.8) is 0 Å². The maximum absolute atomic E-state index is 12.3. The van der Waals surface area contributed by atoms with Gasteiger partial charge in [0.05, 0.1) is 10.7 Å². The third-order valence-corrected chi connectivity index (χ3v) is 3.68. The van der Waals surface area contributed by atoms with Crippen molar-refractivity contribution < 1.29 is 9.53 Å². The summed E-state index contributed by atoms with van der Waals surface area (Å²) in [5.74, 6) is 0.439. The van der Waals surface area contributed by atoms with Crippen molar-refractivity contribution in [2.75, 3.05) is 5.32 Å². The molecule has 2 aromatic carbocycles. The lowest BCUT2D eigenvalue weighted by molar-refractivity contribution is -0.122. The van der Waals surface area contributed by atoms with E-state index in [4.69, 9.17) is 16.3 Å². The molecule has 2 rings (SSSR count). The molecule has 0 heterocycles. The van der Waals surface area contributed by atoms with E-state index in [-0.39, 0.29) is 5.91 Å². The van der Waals surface area contributed by atoms with E-state index in [2.05, 4.69) is 5.32 Å². The van der Waals surface area contributed by atoms with Crippen LogP contribution in [0.3, 0.4) is 0 Å². The minimum Gasteiger partial charge on any atom is -0.481 e. The molecule has 4 heteroatoms. The minimum absolute atomic E-state index is 0.227. The van der Waals surface area contributed by atoms with E-state index >= 15 is 0 Å². The van der Waals surface area contributed by atoms with E-state index in [9.17, 15) is 4.79 Å². The molecule has 0 radical (unpaired) electrons. The maximum atomic E-state index is 12.3. The standard InChI is InChI=1S/C18H20ClNO2/c1-11-5-7-15(8-6-11)22-14(4)18(21)20-17-13(3)9-12(2)10-16(17)19/h5-10,14H,1-4H3,(H,20,21). The molecule has 0 aliphatic rings. The quantitative estimate of drug-likeness (QED) is 0.889. The molecule has 0 aliphatic carbocycles. The Labute approximate surface area is 136 Å². The summed E-state index contributed by atoms with van der Waals surface area (Å²) in [4.78, 5) is 12.3. The second-order valence-corrected chi connectivity index (χ2v) is 5.91. The molecule has 0 spiro atoms. The third-order valence-electron chi connectivity index (χ3n) is 3.38. The Bertz CT molecular complexity index is 657. The number of ether oxygens (including phenoxy) is 1. The van der Waals surface area contributed by atoms with Crippen LogP contribution in [0.15, 0.2) is 36.4 Å². The van der Waals surface area contributed by atoms with Gasteiger partial charge in [0.15, 0.2) is 6.10 Å². The van der Waals surface area contributed by atoms with Crippen LogP contribution in [0.4, 0.5) is 5.69 Å². The van der Waals surface area contributed by atoms with Crippen molar-refractivity contribution in [3.8, 4) is 5.75 Å². The van der Waals surface area contributed by atoms with E-state index in [0.29, 0.717) is 16.5 Å². The molecule has 2 aromatic rings. The summed E-state index contributed by atoms with van der Waals surface area (Å²) < 4.78 is 5.65. The summed E-state index contributed by atoms with van der Waals surface area (Å²) in [5, 5.41) is 3.38. The topological polar surface area (TPSA) is 38.3 Å².